The maximum absolute atomic E-state index is 10.6. The predicted molar refractivity (Wildman–Crippen MR) is 131 cm³/mol. The van der Waals surface area contributed by atoms with Crippen molar-refractivity contribution in [1.29, 1.82) is 0 Å². The van der Waals surface area contributed by atoms with Crippen LogP contribution in [0.2, 0.25) is 0 Å². The van der Waals surface area contributed by atoms with Gasteiger partial charge < -0.3 is 10.2 Å². The molecule has 1 amide bonds. The first-order valence-corrected chi connectivity index (χ1v) is 12.3. The van der Waals surface area contributed by atoms with E-state index < -0.39 is 0 Å². The van der Waals surface area contributed by atoms with E-state index in [1.165, 1.54) is 62.8 Å². The van der Waals surface area contributed by atoms with Gasteiger partial charge in [-0.05, 0) is 87.1 Å². The summed E-state index contributed by atoms with van der Waals surface area (Å²) < 4.78 is 0. The van der Waals surface area contributed by atoms with Crippen molar-refractivity contribution >= 4 is 12.1 Å². The SMILES string of the molecule is C=C=C(C)CCCCC(CCNC=O)CCN1CCN(c2cccc3c2CCC3)CC1. The molecule has 1 N–H and O–H groups in total. The van der Waals surface area contributed by atoms with Crippen molar-refractivity contribution in [3.63, 3.8) is 0 Å². The number of fused-ring (bicyclic) bond motifs is 1. The fourth-order valence-corrected chi connectivity index (χ4v) is 5.16. The van der Waals surface area contributed by atoms with Gasteiger partial charge >= 0.3 is 0 Å². The van der Waals surface area contributed by atoms with Crippen molar-refractivity contribution in [3.05, 3.63) is 47.2 Å². The Labute approximate surface area is 189 Å². The van der Waals surface area contributed by atoms with Gasteiger partial charge in [0.2, 0.25) is 6.41 Å². The highest BCUT2D eigenvalue weighted by atomic mass is 16.1. The highest BCUT2D eigenvalue weighted by molar-refractivity contribution is 5.58. The quantitative estimate of drug-likeness (QED) is 0.283. The number of allylic oxidation sites excluding steroid dienone is 1. The average Bonchev–Trinajstić information content (AvgIpc) is 3.29. The van der Waals surface area contributed by atoms with Crippen LogP contribution < -0.4 is 10.2 Å². The molecule has 0 bridgehead atoms. The number of nitrogens with zero attached hydrogens (tertiary/aromatic N) is 2. The lowest BCUT2D eigenvalue weighted by molar-refractivity contribution is -0.109. The number of aryl methyl sites for hydroxylation is 1. The fraction of sp³-hybridized carbons (Fsp3) is 0.630. The number of amides is 1. The zero-order valence-electron chi connectivity index (χ0n) is 19.5. The lowest BCUT2D eigenvalue weighted by Gasteiger charge is -2.37. The summed E-state index contributed by atoms with van der Waals surface area (Å²) in [6.07, 6.45) is 11.8. The van der Waals surface area contributed by atoms with E-state index in [0.717, 1.165) is 52.0 Å². The Kier molecular flexibility index (Phi) is 9.71. The van der Waals surface area contributed by atoms with Crippen LogP contribution in [0.4, 0.5) is 5.69 Å². The maximum Gasteiger partial charge on any atom is 0.207 e. The molecule has 4 nitrogen and oxygen atoms in total. The number of carbonyl (C=O) groups excluding carboxylic acids is 1. The molecule has 1 unspecified atom stereocenters. The first-order chi connectivity index (χ1) is 15.2. The van der Waals surface area contributed by atoms with Crippen LogP contribution in [0, 0.1) is 5.92 Å². The van der Waals surface area contributed by atoms with E-state index in [4.69, 9.17) is 0 Å². The molecule has 2 aliphatic rings. The summed E-state index contributed by atoms with van der Waals surface area (Å²) in [4.78, 5) is 15.9. The highest BCUT2D eigenvalue weighted by Crippen LogP contribution is 2.32. The van der Waals surface area contributed by atoms with Gasteiger partial charge in [0, 0.05) is 38.4 Å². The Bertz CT molecular complexity index is 745. The van der Waals surface area contributed by atoms with Crippen LogP contribution in [0.15, 0.2) is 36.1 Å². The summed E-state index contributed by atoms with van der Waals surface area (Å²) in [5.74, 6) is 0.691. The Morgan fingerprint density at radius 1 is 1.16 bits per heavy atom. The molecule has 1 aliphatic heterocycles. The topological polar surface area (TPSA) is 35.6 Å². The van der Waals surface area contributed by atoms with E-state index in [9.17, 15) is 4.79 Å². The van der Waals surface area contributed by atoms with Gasteiger partial charge in [0.25, 0.3) is 0 Å². The maximum atomic E-state index is 10.6. The van der Waals surface area contributed by atoms with E-state index >= 15 is 0 Å². The van der Waals surface area contributed by atoms with Gasteiger partial charge in [-0.25, -0.2) is 0 Å². The number of hydrogen-bond donors (Lipinski definition) is 1. The molecule has 1 atom stereocenters. The summed E-state index contributed by atoms with van der Waals surface area (Å²) in [5.41, 5.74) is 8.95. The van der Waals surface area contributed by atoms with E-state index in [1.807, 2.05) is 0 Å². The van der Waals surface area contributed by atoms with Crippen LogP contribution in [-0.2, 0) is 17.6 Å². The van der Waals surface area contributed by atoms with Gasteiger partial charge in [0.15, 0.2) is 0 Å². The number of anilines is 1. The van der Waals surface area contributed by atoms with E-state index in [1.54, 1.807) is 11.1 Å². The second-order valence-electron chi connectivity index (χ2n) is 9.32. The molecule has 1 aromatic carbocycles. The first kappa shape index (κ1) is 23.6. The standard InChI is InChI=1S/C27H41N3O/c1-3-23(2)8-4-5-9-24(14-16-28-22-31)15-17-29-18-20-30(21-19-29)27-13-7-11-25-10-6-12-26(25)27/h7,11,13,22,24H,1,4-6,8-10,12,14-21H2,2H3,(H,28,31). The normalized spacial score (nSPS) is 17.1. The van der Waals surface area contributed by atoms with E-state index in [2.05, 4.69) is 52.5 Å². The van der Waals surface area contributed by atoms with Crippen molar-refractivity contribution in [2.45, 2.75) is 64.7 Å². The number of rotatable bonds is 13. The van der Waals surface area contributed by atoms with Gasteiger partial charge in [0.1, 0.15) is 0 Å². The lowest BCUT2D eigenvalue weighted by atomic mass is 9.93. The molecule has 0 aromatic heterocycles. The van der Waals surface area contributed by atoms with Crippen LogP contribution in [0.1, 0.15) is 63.0 Å². The van der Waals surface area contributed by atoms with Crippen molar-refractivity contribution < 1.29 is 4.79 Å². The lowest BCUT2D eigenvalue weighted by Crippen LogP contribution is -2.47. The Morgan fingerprint density at radius 2 is 2.00 bits per heavy atom. The molecule has 1 heterocycles. The van der Waals surface area contributed by atoms with Gasteiger partial charge in [-0.15, -0.1) is 5.73 Å². The number of nitrogens with one attached hydrogen (secondary N) is 1. The van der Waals surface area contributed by atoms with E-state index in [-0.39, 0.29) is 0 Å². The molecule has 1 aliphatic carbocycles. The van der Waals surface area contributed by atoms with Crippen LogP contribution in [0.5, 0.6) is 0 Å². The molecule has 4 heteroatoms. The summed E-state index contributed by atoms with van der Waals surface area (Å²) in [6.45, 7) is 12.4. The average molecular weight is 424 g/mol. The van der Waals surface area contributed by atoms with Gasteiger partial charge in [-0.2, -0.15) is 0 Å². The molecular formula is C27H41N3O. The summed E-state index contributed by atoms with van der Waals surface area (Å²) in [7, 11) is 0. The summed E-state index contributed by atoms with van der Waals surface area (Å²) in [5, 5.41) is 2.86. The van der Waals surface area contributed by atoms with Crippen molar-refractivity contribution in [3.8, 4) is 0 Å². The third kappa shape index (κ3) is 7.26. The van der Waals surface area contributed by atoms with Crippen LogP contribution in [-0.4, -0.2) is 50.6 Å². The summed E-state index contributed by atoms with van der Waals surface area (Å²) in [6, 6.07) is 6.89. The molecule has 0 radical (unpaired) electrons. The molecule has 3 rings (SSSR count). The molecule has 0 saturated carbocycles. The molecule has 170 valence electrons. The smallest absolute Gasteiger partial charge is 0.207 e. The zero-order chi connectivity index (χ0) is 21.9. The molecule has 1 saturated heterocycles. The van der Waals surface area contributed by atoms with Crippen LogP contribution >= 0.6 is 0 Å². The second kappa shape index (κ2) is 12.7. The van der Waals surface area contributed by atoms with Gasteiger partial charge in [-0.1, -0.05) is 31.6 Å². The Hall–Kier alpha value is -2.03. The Morgan fingerprint density at radius 3 is 2.77 bits per heavy atom. The monoisotopic (exact) mass is 423 g/mol. The fourth-order valence-electron chi connectivity index (χ4n) is 5.16. The van der Waals surface area contributed by atoms with Crippen molar-refractivity contribution in [1.82, 2.24) is 10.2 Å². The number of piperazine rings is 1. The number of carbonyl (C=O) groups is 1. The largest absolute Gasteiger partial charge is 0.369 e. The summed E-state index contributed by atoms with van der Waals surface area (Å²) >= 11 is 0. The number of benzene rings is 1. The third-order valence-corrected chi connectivity index (χ3v) is 7.18. The molecule has 31 heavy (non-hydrogen) atoms. The van der Waals surface area contributed by atoms with Gasteiger partial charge in [0.05, 0.1) is 0 Å². The number of unbranched alkanes of at least 4 members (excludes halogenated alkanes) is 1. The van der Waals surface area contributed by atoms with Crippen LogP contribution in [0.25, 0.3) is 0 Å². The zero-order valence-corrected chi connectivity index (χ0v) is 19.5. The second-order valence-corrected chi connectivity index (χ2v) is 9.32. The van der Waals surface area contributed by atoms with Crippen molar-refractivity contribution in [2.24, 2.45) is 5.92 Å². The number of hydrogen-bond acceptors (Lipinski definition) is 3. The minimum absolute atomic E-state index is 0.691. The molecule has 1 fully saturated rings. The van der Waals surface area contributed by atoms with Crippen LogP contribution in [0.3, 0.4) is 0 Å². The molecular weight excluding hydrogens is 382 g/mol. The minimum atomic E-state index is 0.691. The molecule has 1 aromatic rings. The highest BCUT2D eigenvalue weighted by Gasteiger charge is 2.22. The first-order valence-electron chi connectivity index (χ1n) is 12.3. The van der Waals surface area contributed by atoms with Gasteiger partial charge in [-0.3, -0.25) is 9.69 Å². The predicted octanol–water partition coefficient (Wildman–Crippen LogP) is 4.73. The Balaban J connectivity index is 1.42. The van der Waals surface area contributed by atoms with E-state index in [0.29, 0.717) is 5.92 Å². The third-order valence-electron chi connectivity index (χ3n) is 7.18. The van der Waals surface area contributed by atoms with Crippen molar-refractivity contribution in [2.75, 3.05) is 44.2 Å². The minimum Gasteiger partial charge on any atom is -0.369 e. The molecule has 0 spiro atoms.